The number of hydrogen-bond acceptors (Lipinski definition) is 4. The molecule has 1 aromatic heterocycles. The Balaban J connectivity index is 1.37. The van der Waals surface area contributed by atoms with Crippen LogP contribution in [-0.4, -0.2) is 33.4 Å². The normalized spacial score (nSPS) is 13.8. The van der Waals surface area contributed by atoms with Crippen molar-refractivity contribution in [3.63, 3.8) is 0 Å². The average molecular weight is 361 g/mol. The molecule has 27 heavy (non-hydrogen) atoms. The molecule has 0 saturated carbocycles. The van der Waals surface area contributed by atoms with E-state index < -0.39 is 0 Å². The van der Waals surface area contributed by atoms with Crippen LogP contribution in [0.4, 0.5) is 5.69 Å². The fourth-order valence-electron chi connectivity index (χ4n) is 3.04. The highest BCUT2D eigenvalue weighted by molar-refractivity contribution is 5.95. The van der Waals surface area contributed by atoms with E-state index in [4.69, 9.17) is 0 Å². The first-order valence-electron chi connectivity index (χ1n) is 8.86. The van der Waals surface area contributed by atoms with Crippen molar-refractivity contribution in [2.45, 2.75) is 19.4 Å². The first-order valence-corrected chi connectivity index (χ1v) is 8.86. The van der Waals surface area contributed by atoms with Crippen LogP contribution < -0.4 is 10.2 Å². The molecule has 1 saturated heterocycles. The Morgan fingerprint density at radius 1 is 1.04 bits per heavy atom. The number of anilines is 1. The van der Waals surface area contributed by atoms with Crippen molar-refractivity contribution in [1.29, 1.82) is 0 Å². The summed E-state index contributed by atoms with van der Waals surface area (Å²) in [4.78, 5) is 27.3. The second kappa shape index (κ2) is 7.41. The average Bonchev–Trinajstić information content (AvgIpc) is 3.37. The van der Waals surface area contributed by atoms with Gasteiger partial charge in [-0.2, -0.15) is 9.90 Å². The first kappa shape index (κ1) is 17.0. The fourth-order valence-corrected chi connectivity index (χ4v) is 3.04. The molecular weight excluding hydrogens is 342 g/mol. The van der Waals surface area contributed by atoms with E-state index >= 15 is 0 Å². The molecule has 0 unspecified atom stereocenters. The van der Waals surface area contributed by atoms with Gasteiger partial charge in [-0.05, 0) is 36.2 Å². The van der Waals surface area contributed by atoms with Gasteiger partial charge in [-0.25, -0.2) is 0 Å². The summed E-state index contributed by atoms with van der Waals surface area (Å²) in [6.07, 6.45) is 2.96. The molecule has 136 valence electrons. The zero-order chi connectivity index (χ0) is 18.6. The van der Waals surface area contributed by atoms with Crippen LogP contribution in [-0.2, 0) is 11.3 Å². The molecule has 4 rings (SSSR count). The van der Waals surface area contributed by atoms with E-state index in [-0.39, 0.29) is 17.5 Å². The van der Waals surface area contributed by atoms with Crippen LogP contribution in [0.5, 0.6) is 0 Å². The van der Waals surface area contributed by atoms with Crippen molar-refractivity contribution < 1.29 is 9.59 Å². The molecule has 0 bridgehead atoms. The molecule has 1 fully saturated rings. The Morgan fingerprint density at radius 2 is 1.81 bits per heavy atom. The highest BCUT2D eigenvalue weighted by Gasteiger charge is 2.21. The topological polar surface area (TPSA) is 80.1 Å². The van der Waals surface area contributed by atoms with Crippen LogP contribution in [0.1, 0.15) is 28.9 Å². The molecule has 0 spiro atoms. The summed E-state index contributed by atoms with van der Waals surface area (Å²) in [5, 5.41) is 11.2. The number of aromatic nitrogens is 3. The van der Waals surface area contributed by atoms with Gasteiger partial charge in [0.2, 0.25) is 5.91 Å². The number of rotatable bonds is 5. The Morgan fingerprint density at radius 3 is 2.52 bits per heavy atom. The molecule has 1 N–H and O–H groups in total. The Hall–Kier alpha value is -3.48. The molecule has 2 amide bonds. The van der Waals surface area contributed by atoms with E-state index in [1.54, 1.807) is 4.90 Å². The van der Waals surface area contributed by atoms with Gasteiger partial charge in [0.05, 0.1) is 11.9 Å². The third-order valence-corrected chi connectivity index (χ3v) is 4.49. The number of benzene rings is 2. The van der Waals surface area contributed by atoms with Gasteiger partial charge in [-0.3, -0.25) is 9.59 Å². The molecule has 0 radical (unpaired) electrons. The van der Waals surface area contributed by atoms with Crippen LogP contribution in [0.25, 0.3) is 5.69 Å². The number of hydrogen-bond donors (Lipinski definition) is 1. The van der Waals surface area contributed by atoms with E-state index in [0.717, 1.165) is 29.9 Å². The number of nitrogens with zero attached hydrogens (tertiary/aromatic N) is 4. The molecule has 0 aliphatic carbocycles. The zero-order valence-electron chi connectivity index (χ0n) is 14.7. The van der Waals surface area contributed by atoms with Crippen molar-refractivity contribution in [3.05, 3.63) is 72.1 Å². The van der Waals surface area contributed by atoms with Gasteiger partial charge >= 0.3 is 0 Å². The number of amides is 2. The minimum Gasteiger partial charge on any atom is -0.347 e. The summed E-state index contributed by atoms with van der Waals surface area (Å²) in [6, 6.07) is 17.1. The van der Waals surface area contributed by atoms with Gasteiger partial charge in [0.15, 0.2) is 5.69 Å². The van der Waals surface area contributed by atoms with Gasteiger partial charge in [0.1, 0.15) is 0 Å². The second-order valence-corrected chi connectivity index (χ2v) is 6.35. The van der Waals surface area contributed by atoms with Crippen molar-refractivity contribution in [1.82, 2.24) is 20.3 Å². The van der Waals surface area contributed by atoms with Gasteiger partial charge in [-0.15, -0.1) is 5.10 Å². The van der Waals surface area contributed by atoms with Crippen LogP contribution in [0.3, 0.4) is 0 Å². The monoisotopic (exact) mass is 361 g/mol. The Labute approximate surface area is 156 Å². The fraction of sp³-hybridized carbons (Fsp3) is 0.200. The van der Waals surface area contributed by atoms with Gasteiger partial charge in [0, 0.05) is 25.2 Å². The van der Waals surface area contributed by atoms with Crippen LogP contribution in [0.2, 0.25) is 0 Å². The third kappa shape index (κ3) is 3.72. The molecule has 0 atom stereocenters. The lowest BCUT2D eigenvalue weighted by Crippen LogP contribution is -2.24. The largest absolute Gasteiger partial charge is 0.347 e. The van der Waals surface area contributed by atoms with E-state index in [0.29, 0.717) is 13.0 Å². The van der Waals surface area contributed by atoms with Crippen LogP contribution in [0, 0.1) is 0 Å². The molecule has 3 aromatic rings. The lowest BCUT2D eigenvalue weighted by Gasteiger charge is -2.16. The van der Waals surface area contributed by atoms with E-state index in [1.165, 1.54) is 11.0 Å². The smallest absolute Gasteiger partial charge is 0.273 e. The quantitative estimate of drug-likeness (QED) is 0.756. The van der Waals surface area contributed by atoms with Crippen LogP contribution >= 0.6 is 0 Å². The summed E-state index contributed by atoms with van der Waals surface area (Å²) < 4.78 is 0. The summed E-state index contributed by atoms with van der Waals surface area (Å²) in [5.74, 6) is -0.117. The maximum atomic E-state index is 12.3. The van der Waals surface area contributed by atoms with E-state index in [9.17, 15) is 9.59 Å². The van der Waals surface area contributed by atoms with E-state index in [1.807, 2.05) is 54.6 Å². The maximum absolute atomic E-state index is 12.3. The molecule has 2 heterocycles. The van der Waals surface area contributed by atoms with Gasteiger partial charge < -0.3 is 10.2 Å². The van der Waals surface area contributed by atoms with Gasteiger partial charge in [-0.1, -0.05) is 30.3 Å². The Kier molecular flexibility index (Phi) is 4.65. The molecule has 2 aromatic carbocycles. The lowest BCUT2D eigenvalue weighted by atomic mass is 10.2. The highest BCUT2D eigenvalue weighted by Crippen LogP contribution is 2.21. The predicted octanol–water partition coefficient (Wildman–Crippen LogP) is 2.32. The SMILES string of the molecule is O=C(NCc1ccc(N2CCCC2=O)cc1)c1cnn(-c2ccccc2)n1. The molecule has 7 nitrogen and oxygen atoms in total. The van der Waals surface area contributed by atoms with Gasteiger partial charge in [0.25, 0.3) is 5.91 Å². The van der Waals surface area contributed by atoms with Crippen molar-refractivity contribution in [2.24, 2.45) is 0 Å². The standard InChI is InChI=1S/C20H19N5O2/c26-19-7-4-12-24(19)16-10-8-15(9-11-16)13-21-20(27)18-14-22-25(23-18)17-5-2-1-3-6-17/h1-3,5-6,8-11,14H,4,7,12-13H2,(H,21,27). The molecular formula is C20H19N5O2. The summed E-state index contributed by atoms with van der Waals surface area (Å²) >= 11 is 0. The van der Waals surface area contributed by atoms with Crippen molar-refractivity contribution in [2.75, 3.05) is 11.4 Å². The van der Waals surface area contributed by atoms with E-state index in [2.05, 4.69) is 15.5 Å². The molecule has 1 aliphatic rings. The number of carbonyl (C=O) groups excluding carboxylic acids is 2. The summed E-state index contributed by atoms with van der Waals surface area (Å²) in [5.41, 5.74) is 2.91. The molecule has 1 aliphatic heterocycles. The summed E-state index contributed by atoms with van der Waals surface area (Å²) in [6.45, 7) is 1.15. The number of para-hydroxylation sites is 1. The number of carbonyl (C=O) groups is 2. The minimum atomic E-state index is -0.282. The van der Waals surface area contributed by atoms with Crippen molar-refractivity contribution >= 4 is 17.5 Å². The number of nitrogens with one attached hydrogen (secondary N) is 1. The predicted molar refractivity (Wildman–Crippen MR) is 101 cm³/mol. The lowest BCUT2D eigenvalue weighted by molar-refractivity contribution is -0.117. The van der Waals surface area contributed by atoms with Crippen LogP contribution in [0.15, 0.2) is 60.8 Å². The highest BCUT2D eigenvalue weighted by atomic mass is 16.2. The third-order valence-electron chi connectivity index (χ3n) is 4.49. The Bertz CT molecular complexity index is 950. The summed E-state index contributed by atoms with van der Waals surface area (Å²) in [7, 11) is 0. The minimum absolute atomic E-state index is 0.164. The molecule has 7 heteroatoms. The maximum Gasteiger partial charge on any atom is 0.273 e. The zero-order valence-corrected chi connectivity index (χ0v) is 14.7. The first-order chi connectivity index (χ1) is 13.2. The second-order valence-electron chi connectivity index (χ2n) is 6.35. The van der Waals surface area contributed by atoms with Crippen molar-refractivity contribution in [3.8, 4) is 5.69 Å².